The van der Waals surface area contributed by atoms with Gasteiger partial charge in [0.2, 0.25) is 0 Å². The number of hydrogen-bond acceptors (Lipinski definition) is 1. The molecular formula is C7H10O. The molecule has 0 aromatic heterocycles. The maximum absolute atomic E-state index is 10.9. The van der Waals surface area contributed by atoms with Gasteiger partial charge in [-0.05, 0) is 12.8 Å². The van der Waals surface area contributed by atoms with Gasteiger partial charge < -0.3 is 0 Å². The maximum Gasteiger partial charge on any atom is 0.146 e. The quantitative estimate of drug-likeness (QED) is 0.460. The van der Waals surface area contributed by atoms with Crippen molar-refractivity contribution in [3.63, 3.8) is 0 Å². The molecule has 0 N–H and O–H groups in total. The zero-order chi connectivity index (χ0) is 5.99. The van der Waals surface area contributed by atoms with Crippen LogP contribution in [0, 0.1) is 10.8 Å². The van der Waals surface area contributed by atoms with Gasteiger partial charge in [-0.3, -0.25) is 4.79 Å². The van der Waals surface area contributed by atoms with E-state index in [0.717, 1.165) is 12.8 Å². The first kappa shape index (κ1) is 4.54. The van der Waals surface area contributed by atoms with Crippen molar-refractivity contribution >= 4 is 5.78 Å². The molecule has 2 rings (SSSR count). The predicted octanol–water partition coefficient (Wildman–Crippen LogP) is 1.38. The molecule has 0 heterocycles. The van der Waals surface area contributed by atoms with E-state index >= 15 is 0 Å². The van der Waals surface area contributed by atoms with Crippen LogP contribution in [0.3, 0.4) is 0 Å². The topological polar surface area (TPSA) is 17.1 Å². The maximum atomic E-state index is 10.9. The minimum atomic E-state index is 0.146. The standard InChI is InChI=1S/C7H10O/c1-6-3-4-7(6,2)5(6)8/h3-4H2,1-2H3/t6-,7+. The van der Waals surface area contributed by atoms with Crippen molar-refractivity contribution in [2.24, 2.45) is 10.8 Å². The summed E-state index contributed by atoms with van der Waals surface area (Å²) >= 11 is 0. The van der Waals surface area contributed by atoms with Crippen molar-refractivity contribution < 1.29 is 4.79 Å². The summed E-state index contributed by atoms with van der Waals surface area (Å²) in [7, 11) is 0. The minimum absolute atomic E-state index is 0.146. The summed E-state index contributed by atoms with van der Waals surface area (Å²) in [5.74, 6) is 0.505. The van der Waals surface area contributed by atoms with Gasteiger partial charge in [0.1, 0.15) is 5.78 Å². The summed E-state index contributed by atoms with van der Waals surface area (Å²) < 4.78 is 0. The van der Waals surface area contributed by atoms with E-state index in [-0.39, 0.29) is 10.8 Å². The molecule has 2 fully saturated rings. The van der Waals surface area contributed by atoms with Crippen LogP contribution in [0.1, 0.15) is 26.7 Å². The summed E-state index contributed by atoms with van der Waals surface area (Å²) in [5.41, 5.74) is 0.292. The fourth-order valence-electron chi connectivity index (χ4n) is 1.88. The van der Waals surface area contributed by atoms with Gasteiger partial charge in [0.05, 0.1) is 0 Å². The Balaban J connectivity index is 2.42. The molecule has 0 unspecified atom stereocenters. The molecule has 0 spiro atoms. The number of ketones is 1. The molecule has 0 amide bonds. The molecule has 2 aliphatic rings. The van der Waals surface area contributed by atoms with E-state index in [9.17, 15) is 4.79 Å². The zero-order valence-corrected chi connectivity index (χ0v) is 5.32. The van der Waals surface area contributed by atoms with Crippen LogP contribution in [-0.2, 0) is 4.79 Å². The normalized spacial score (nSPS) is 59.5. The minimum Gasteiger partial charge on any atom is -0.298 e. The Labute approximate surface area is 49.1 Å². The van der Waals surface area contributed by atoms with Gasteiger partial charge in [0, 0.05) is 10.8 Å². The molecule has 2 aliphatic carbocycles. The Morgan fingerprint density at radius 3 is 1.62 bits per heavy atom. The van der Waals surface area contributed by atoms with Gasteiger partial charge in [-0.1, -0.05) is 13.8 Å². The SMILES string of the molecule is C[C@@]12CC[C@]1(C)C2=O. The highest BCUT2D eigenvalue weighted by Crippen LogP contribution is 2.73. The number of rotatable bonds is 0. The first-order valence-electron chi connectivity index (χ1n) is 3.16. The highest BCUT2D eigenvalue weighted by Gasteiger charge is 2.77. The summed E-state index contributed by atoms with van der Waals surface area (Å²) in [6, 6.07) is 0. The Bertz CT molecular complexity index is 155. The van der Waals surface area contributed by atoms with Crippen molar-refractivity contribution in [3.8, 4) is 0 Å². The number of fused-ring (bicyclic) bond motifs is 1. The van der Waals surface area contributed by atoms with Gasteiger partial charge in [-0.15, -0.1) is 0 Å². The number of hydrogen-bond donors (Lipinski definition) is 0. The predicted molar refractivity (Wildman–Crippen MR) is 30.5 cm³/mol. The largest absolute Gasteiger partial charge is 0.298 e. The molecule has 8 heavy (non-hydrogen) atoms. The molecule has 1 heteroatoms. The van der Waals surface area contributed by atoms with E-state index in [2.05, 4.69) is 13.8 Å². The van der Waals surface area contributed by atoms with E-state index in [1.54, 1.807) is 0 Å². The second-order valence-electron chi connectivity index (χ2n) is 3.49. The van der Waals surface area contributed by atoms with Crippen molar-refractivity contribution in [2.45, 2.75) is 26.7 Å². The van der Waals surface area contributed by atoms with E-state index in [0.29, 0.717) is 5.78 Å². The third kappa shape index (κ3) is 0.188. The van der Waals surface area contributed by atoms with E-state index < -0.39 is 0 Å². The van der Waals surface area contributed by atoms with Crippen LogP contribution in [-0.4, -0.2) is 5.78 Å². The fraction of sp³-hybridized carbons (Fsp3) is 0.857. The van der Waals surface area contributed by atoms with Crippen LogP contribution in [0.15, 0.2) is 0 Å². The Hall–Kier alpha value is -0.330. The third-order valence-electron chi connectivity index (χ3n) is 3.28. The van der Waals surface area contributed by atoms with E-state index in [1.165, 1.54) is 0 Å². The highest BCUT2D eigenvalue weighted by atomic mass is 16.1. The summed E-state index contributed by atoms with van der Waals surface area (Å²) in [6.45, 7) is 4.16. The highest BCUT2D eigenvalue weighted by molar-refractivity contribution is 6.09. The molecule has 0 aromatic carbocycles. The lowest BCUT2D eigenvalue weighted by molar-refractivity contribution is -0.113. The average Bonchev–Trinajstić information content (AvgIpc) is 1.98. The second kappa shape index (κ2) is 0.772. The first-order chi connectivity index (χ1) is 3.61. The van der Waals surface area contributed by atoms with Gasteiger partial charge >= 0.3 is 0 Å². The first-order valence-corrected chi connectivity index (χ1v) is 3.16. The molecule has 44 valence electrons. The number of carbonyl (C=O) groups excluding carboxylic acids is 1. The van der Waals surface area contributed by atoms with Gasteiger partial charge in [0.25, 0.3) is 0 Å². The van der Waals surface area contributed by atoms with Crippen LogP contribution >= 0.6 is 0 Å². The molecular weight excluding hydrogens is 100 g/mol. The molecule has 2 saturated carbocycles. The van der Waals surface area contributed by atoms with E-state index in [4.69, 9.17) is 0 Å². The third-order valence-corrected chi connectivity index (χ3v) is 3.28. The molecule has 0 aromatic rings. The van der Waals surface area contributed by atoms with Crippen molar-refractivity contribution in [1.29, 1.82) is 0 Å². The second-order valence-corrected chi connectivity index (χ2v) is 3.49. The Morgan fingerprint density at radius 2 is 1.62 bits per heavy atom. The zero-order valence-electron chi connectivity index (χ0n) is 5.32. The number of carbonyl (C=O) groups is 1. The molecule has 0 aliphatic heterocycles. The lowest BCUT2D eigenvalue weighted by Crippen LogP contribution is -2.18. The van der Waals surface area contributed by atoms with Crippen LogP contribution in [0.4, 0.5) is 0 Å². The average molecular weight is 110 g/mol. The van der Waals surface area contributed by atoms with Crippen molar-refractivity contribution in [2.75, 3.05) is 0 Å². The van der Waals surface area contributed by atoms with Crippen molar-refractivity contribution in [1.82, 2.24) is 0 Å². The summed E-state index contributed by atoms with van der Waals surface area (Å²) in [6.07, 6.45) is 2.28. The van der Waals surface area contributed by atoms with Gasteiger partial charge in [-0.2, -0.15) is 0 Å². The molecule has 2 atom stereocenters. The monoisotopic (exact) mass is 110 g/mol. The Kier molecular flexibility index (Phi) is 0.438. The van der Waals surface area contributed by atoms with Crippen LogP contribution in [0.5, 0.6) is 0 Å². The van der Waals surface area contributed by atoms with Crippen LogP contribution in [0.2, 0.25) is 0 Å². The molecule has 0 bridgehead atoms. The number of Topliss-reactive ketones (excluding diaryl/α,β-unsaturated/α-hetero) is 1. The van der Waals surface area contributed by atoms with Gasteiger partial charge in [-0.25, -0.2) is 0 Å². The smallest absolute Gasteiger partial charge is 0.146 e. The summed E-state index contributed by atoms with van der Waals surface area (Å²) in [4.78, 5) is 10.9. The summed E-state index contributed by atoms with van der Waals surface area (Å²) in [5, 5.41) is 0. The van der Waals surface area contributed by atoms with Crippen molar-refractivity contribution in [3.05, 3.63) is 0 Å². The fourth-order valence-corrected chi connectivity index (χ4v) is 1.88. The molecule has 0 radical (unpaired) electrons. The molecule has 0 saturated heterocycles. The van der Waals surface area contributed by atoms with E-state index in [1.807, 2.05) is 0 Å². The lowest BCUT2D eigenvalue weighted by atomic mass is 9.77. The molecule has 1 nitrogen and oxygen atoms in total. The lowest BCUT2D eigenvalue weighted by Gasteiger charge is -2.24. The Morgan fingerprint density at radius 1 is 1.25 bits per heavy atom. The van der Waals surface area contributed by atoms with Crippen LogP contribution < -0.4 is 0 Å². The van der Waals surface area contributed by atoms with Gasteiger partial charge in [0.15, 0.2) is 0 Å². The van der Waals surface area contributed by atoms with Crippen LogP contribution in [0.25, 0.3) is 0 Å².